The minimum absolute atomic E-state index is 0.0416. The Bertz CT molecular complexity index is 890. The van der Waals surface area contributed by atoms with E-state index in [2.05, 4.69) is 15.3 Å². The van der Waals surface area contributed by atoms with Crippen molar-refractivity contribution in [1.29, 1.82) is 0 Å². The number of nitrogens with two attached hydrogens (primary N) is 2. The topological polar surface area (TPSA) is 109 Å². The summed E-state index contributed by atoms with van der Waals surface area (Å²) >= 11 is 0. The molecule has 3 rings (SSSR count). The molecule has 0 aromatic heterocycles. The van der Waals surface area contributed by atoms with E-state index in [9.17, 15) is 4.79 Å². The van der Waals surface area contributed by atoms with Crippen LogP contribution in [0.25, 0.3) is 5.57 Å². The predicted molar refractivity (Wildman–Crippen MR) is 119 cm³/mol. The number of amides is 1. The first kappa shape index (κ1) is 20.6. The van der Waals surface area contributed by atoms with Crippen molar-refractivity contribution in [3.8, 4) is 0 Å². The largest absolute Gasteiger partial charge is 0.401 e. The molecule has 1 aliphatic heterocycles. The average Bonchev–Trinajstić information content (AvgIpc) is 3.57. The van der Waals surface area contributed by atoms with Crippen LogP contribution in [0, 0.1) is 5.92 Å². The lowest BCUT2D eigenvalue weighted by molar-refractivity contribution is -0.128. The van der Waals surface area contributed by atoms with Crippen LogP contribution in [0.5, 0.6) is 0 Å². The molecule has 0 atom stereocenters. The van der Waals surface area contributed by atoms with Crippen LogP contribution < -0.4 is 16.8 Å². The Kier molecular flexibility index (Phi) is 6.36. The van der Waals surface area contributed by atoms with E-state index in [-0.39, 0.29) is 5.91 Å². The molecule has 1 saturated carbocycles. The highest BCUT2D eigenvalue weighted by atomic mass is 16.2. The van der Waals surface area contributed by atoms with Gasteiger partial charge in [-0.3, -0.25) is 9.79 Å². The highest BCUT2D eigenvalue weighted by Gasteiger charge is 2.26. The molecule has 0 saturated heterocycles. The normalized spacial score (nSPS) is 18.9. The third-order valence-corrected chi connectivity index (χ3v) is 5.42. The second kappa shape index (κ2) is 8.94. The highest BCUT2D eigenvalue weighted by Crippen LogP contribution is 2.37. The van der Waals surface area contributed by atoms with Crippen molar-refractivity contribution in [1.82, 2.24) is 10.2 Å². The van der Waals surface area contributed by atoms with Crippen molar-refractivity contribution in [3.63, 3.8) is 0 Å². The fourth-order valence-electron chi connectivity index (χ4n) is 3.52. The zero-order valence-corrected chi connectivity index (χ0v) is 17.4. The van der Waals surface area contributed by atoms with E-state index in [1.807, 2.05) is 37.5 Å². The summed E-state index contributed by atoms with van der Waals surface area (Å²) in [6, 6.07) is 7.84. The molecule has 1 aromatic rings. The summed E-state index contributed by atoms with van der Waals surface area (Å²) in [5, 5.41) is 3.19. The Morgan fingerprint density at radius 1 is 1.24 bits per heavy atom. The summed E-state index contributed by atoms with van der Waals surface area (Å²) in [4.78, 5) is 22.3. The summed E-state index contributed by atoms with van der Waals surface area (Å²) in [5.74, 6) is 0.940. The first-order valence-corrected chi connectivity index (χ1v) is 9.96. The average molecular weight is 395 g/mol. The number of hydrogen-bond donors (Lipinski definition) is 3. The van der Waals surface area contributed by atoms with Crippen molar-refractivity contribution in [3.05, 3.63) is 46.8 Å². The Morgan fingerprint density at radius 2 is 1.93 bits per heavy atom. The van der Waals surface area contributed by atoms with Gasteiger partial charge in [-0.25, -0.2) is 4.99 Å². The molecule has 1 aliphatic carbocycles. The minimum atomic E-state index is 0.0416. The molecule has 29 heavy (non-hydrogen) atoms. The lowest BCUT2D eigenvalue weighted by atomic mass is 10.0. The second-order valence-corrected chi connectivity index (χ2v) is 7.47. The molecule has 7 nitrogen and oxygen atoms in total. The van der Waals surface area contributed by atoms with Crippen LogP contribution in [-0.2, 0) is 4.79 Å². The van der Waals surface area contributed by atoms with Gasteiger partial charge in [0.2, 0.25) is 5.91 Å². The van der Waals surface area contributed by atoms with E-state index in [4.69, 9.17) is 11.5 Å². The molecule has 7 heteroatoms. The van der Waals surface area contributed by atoms with Crippen molar-refractivity contribution in [2.24, 2.45) is 27.4 Å². The summed E-state index contributed by atoms with van der Waals surface area (Å²) in [6.07, 6.45) is 4.85. The van der Waals surface area contributed by atoms with Crippen LogP contribution >= 0.6 is 0 Å². The Labute approximate surface area is 172 Å². The fourth-order valence-corrected chi connectivity index (χ4v) is 3.52. The number of amidine groups is 1. The third kappa shape index (κ3) is 4.85. The second-order valence-electron chi connectivity index (χ2n) is 7.47. The number of hydrogen-bond acceptors (Lipinski definition) is 5. The minimum Gasteiger partial charge on any atom is -0.401 e. The van der Waals surface area contributed by atoms with Crippen molar-refractivity contribution in [2.75, 3.05) is 27.2 Å². The molecule has 154 valence electrons. The molecule has 5 N–H and O–H groups in total. The molecular weight excluding hydrogens is 364 g/mol. The van der Waals surface area contributed by atoms with E-state index >= 15 is 0 Å². The third-order valence-electron chi connectivity index (χ3n) is 5.42. The van der Waals surface area contributed by atoms with E-state index in [1.54, 1.807) is 18.9 Å². The Balaban J connectivity index is 1.85. The van der Waals surface area contributed by atoms with Gasteiger partial charge in [0, 0.05) is 62.7 Å². The molecule has 1 aromatic carbocycles. The van der Waals surface area contributed by atoms with Crippen LogP contribution in [0.2, 0.25) is 0 Å². The maximum absolute atomic E-state index is 11.8. The number of benzene rings is 1. The molecule has 1 heterocycles. The first-order chi connectivity index (χ1) is 13.9. The van der Waals surface area contributed by atoms with Crippen LogP contribution in [0.15, 0.2) is 51.2 Å². The van der Waals surface area contributed by atoms with E-state index in [0.717, 1.165) is 53.1 Å². The predicted octanol–water partition coefficient (Wildman–Crippen LogP) is 2.18. The van der Waals surface area contributed by atoms with Crippen molar-refractivity contribution >= 4 is 29.2 Å². The molecule has 0 spiro atoms. The standard InChI is InChI=1S/C22H30N6O/c1-14(29)28-11-10-20(26-3)19(13-28)22(24)27-17-8-6-15(7-9-17)18(12-25-2)21(23)16-4-5-16/h6-9,12,16,26H,4-5,10-11,13,23H2,1-3H3,(H2,24,27). The van der Waals surface area contributed by atoms with Gasteiger partial charge in [0.05, 0.1) is 12.2 Å². The zero-order chi connectivity index (χ0) is 21.0. The monoisotopic (exact) mass is 394 g/mol. The van der Waals surface area contributed by atoms with Crippen molar-refractivity contribution in [2.45, 2.75) is 26.2 Å². The summed E-state index contributed by atoms with van der Waals surface area (Å²) < 4.78 is 0. The van der Waals surface area contributed by atoms with Crippen LogP contribution in [-0.4, -0.2) is 50.0 Å². The number of nitrogens with zero attached hydrogens (tertiary/aromatic N) is 3. The maximum Gasteiger partial charge on any atom is 0.219 e. The number of nitrogens with one attached hydrogen (secondary N) is 1. The van der Waals surface area contributed by atoms with Gasteiger partial charge in [0.25, 0.3) is 0 Å². The summed E-state index contributed by atoms with van der Waals surface area (Å²) in [6.45, 7) is 2.73. The van der Waals surface area contributed by atoms with Gasteiger partial charge in [-0.05, 0) is 36.5 Å². The first-order valence-electron chi connectivity index (χ1n) is 9.96. The molecule has 0 radical (unpaired) electrons. The van der Waals surface area contributed by atoms with Crippen LogP contribution in [0.3, 0.4) is 0 Å². The van der Waals surface area contributed by atoms with E-state index in [0.29, 0.717) is 24.8 Å². The molecular formula is C22H30N6O. The number of aliphatic imine (C=N–C) groups is 2. The SMILES string of the molecule is CN=CC(=C(N)C1CC1)c1ccc(N=C(N)C2=C(NC)CCN(C(C)=O)C2)cc1. The molecule has 1 amide bonds. The maximum atomic E-state index is 11.8. The van der Waals surface area contributed by atoms with Gasteiger partial charge in [-0.1, -0.05) is 12.1 Å². The fraction of sp³-hybridized carbons (Fsp3) is 0.409. The van der Waals surface area contributed by atoms with E-state index < -0.39 is 0 Å². The molecule has 0 bridgehead atoms. The van der Waals surface area contributed by atoms with Gasteiger partial charge in [-0.15, -0.1) is 0 Å². The number of carbonyl (C=O) groups is 1. The quantitative estimate of drug-likeness (QED) is 0.507. The smallest absolute Gasteiger partial charge is 0.219 e. The van der Waals surface area contributed by atoms with E-state index in [1.165, 1.54) is 0 Å². The highest BCUT2D eigenvalue weighted by molar-refractivity contribution is 6.11. The molecule has 1 fully saturated rings. The van der Waals surface area contributed by atoms with Crippen LogP contribution in [0.1, 0.15) is 31.7 Å². The van der Waals surface area contributed by atoms with Gasteiger partial charge in [-0.2, -0.15) is 0 Å². The summed E-state index contributed by atoms with van der Waals surface area (Å²) in [7, 11) is 3.62. The van der Waals surface area contributed by atoms with Crippen LogP contribution in [0.4, 0.5) is 5.69 Å². The van der Waals surface area contributed by atoms with Gasteiger partial charge in [0.1, 0.15) is 5.84 Å². The Hall–Kier alpha value is -3.09. The zero-order valence-electron chi connectivity index (χ0n) is 17.4. The van der Waals surface area contributed by atoms with Gasteiger partial charge >= 0.3 is 0 Å². The molecule has 2 aliphatic rings. The summed E-state index contributed by atoms with van der Waals surface area (Å²) in [5.41, 5.74) is 18.2. The lowest BCUT2D eigenvalue weighted by Gasteiger charge is -2.29. The van der Waals surface area contributed by atoms with Crippen molar-refractivity contribution < 1.29 is 4.79 Å². The lowest BCUT2D eigenvalue weighted by Crippen LogP contribution is -2.40. The number of carbonyl (C=O) groups excluding carboxylic acids is 1. The number of rotatable bonds is 6. The molecule has 0 unspecified atom stereocenters. The van der Waals surface area contributed by atoms with Gasteiger partial charge < -0.3 is 21.7 Å². The number of allylic oxidation sites excluding steroid dienone is 2. The Morgan fingerprint density at radius 3 is 2.48 bits per heavy atom. The van der Waals surface area contributed by atoms with Gasteiger partial charge in [0.15, 0.2) is 0 Å².